The van der Waals surface area contributed by atoms with Gasteiger partial charge in [-0.2, -0.15) is 0 Å². The largest absolute Gasteiger partial charge is 0.494 e. The zero-order valence-electron chi connectivity index (χ0n) is 18.6. The lowest BCUT2D eigenvalue weighted by Gasteiger charge is -2.12. The van der Waals surface area contributed by atoms with Crippen LogP contribution in [-0.4, -0.2) is 42.8 Å². The van der Waals surface area contributed by atoms with Crippen molar-refractivity contribution in [1.82, 2.24) is 10.6 Å². The van der Waals surface area contributed by atoms with E-state index >= 15 is 0 Å². The summed E-state index contributed by atoms with van der Waals surface area (Å²) in [6.45, 7) is 0.577. The number of benzene rings is 2. The van der Waals surface area contributed by atoms with Gasteiger partial charge in [-0.1, -0.05) is 25.0 Å². The Kier molecular flexibility index (Phi) is 7.62. The summed E-state index contributed by atoms with van der Waals surface area (Å²) < 4.78 is 11.5. The van der Waals surface area contributed by atoms with Gasteiger partial charge in [-0.15, -0.1) is 0 Å². The number of rotatable bonds is 12. The zero-order valence-corrected chi connectivity index (χ0v) is 18.6. The molecule has 33 heavy (non-hydrogen) atoms. The van der Waals surface area contributed by atoms with Crippen LogP contribution in [0.15, 0.2) is 54.2 Å². The maximum atomic E-state index is 12.8. The van der Waals surface area contributed by atoms with Crippen LogP contribution < -0.4 is 20.1 Å². The topological polar surface area (TPSA) is 96.9 Å². The molecule has 7 nitrogen and oxygen atoms in total. The first-order valence-electron chi connectivity index (χ1n) is 11.5. The van der Waals surface area contributed by atoms with Crippen molar-refractivity contribution in [3.05, 3.63) is 65.4 Å². The van der Waals surface area contributed by atoms with Crippen molar-refractivity contribution in [2.24, 2.45) is 5.92 Å². The number of ether oxygens (including phenoxy) is 2. The Morgan fingerprint density at radius 2 is 1.67 bits per heavy atom. The average Bonchev–Trinajstić information content (AvgIpc) is 3.75. The van der Waals surface area contributed by atoms with Crippen LogP contribution in [0, 0.1) is 5.92 Å². The third kappa shape index (κ3) is 7.36. The van der Waals surface area contributed by atoms with E-state index in [2.05, 4.69) is 10.6 Å². The number of aliphatic hydroxyl groups excluding tert-OH is 1. The number of carbonyl (C=O) groups is 2. The predicted molar refractivity (Wildman–Crippen MR) is 125 cm³/mol. The molecule has 0 unspecified atom stereocenters. The summed E-state index contributed by atoms with van der Waals surface area (Å²) in [6, 6.07) is 14.2. The lowest BCUT2D eigenvalue weighted by atomic mass is 10.1. The Labute approximate surface area is 193 Å². The highest BCUT2D eigenvalue weighted by molar-refractivity contribution is 6.05. The first kappa shape index (κ1) is 22.9. The molecule has 2 fully saturated rings. The Balaban J connectivity index is 1.40. The monoisotopic (exact) mass is 450 g/mol. The minimum absolute atomic E-state index is 0.0904. The van der Waals surface area contributed by atoms with Crippen molar-refractivity contribution in [1.29, 1.82) is 0 Å². The zero-order chi connectivity index (χ0) is 23.0. The highest BCUT2D eigenvalue weighted by Gasteiger charge is 2.23. The number of hydrogen-bond donors (Lipinski definition) is 3. The number of nitrogens with one attached hydrogen (secondary N) is 2. The predicted octanol–water partition coefficient (Wildman–Crippen LogP) is 3.29. The van der Waals surface area contributed by atoms with Gasteiger partial charge in [0.15, 0.2) is 0 Å². The van der Waals surface area contributed by atoms with E-state index in [4.69, 9.17) is 14.6 Å². The molecule has 0 bridgehead atoms. The molecule has 2 aliphatic carbocycles. The van der Waals surface area contributed by atoms with Crippen molar-refractivity contribution in [3.8, 4) is 11.5 Å². The van der Waals surface area contributed by atoms with Crippen LogP contribution in [0.3, 0.4) is 0 Å². The Hall–Kier alpha value is -3.32. The van der Waals surface area contributed by atoms with E-state index in [-0.39, 0.29) is 18.8 Å². The van der Waals surface area contributed by atoms with Gasteiger partial charge in [0.05, 0.1) is 19.3 Å². The van der Waals surface area contributed by atoms with Gasteiger partial charge in [0, 0.05) is 12.1 Å². The molecule has 3 N–H and O–H groups in total. The molecule has 4 rings (SSSR count). The van der Waals surface area contributed by atoms with Gasteiger partial charge in [0.1, 0.15) is 17.2 Å². The van der Waals surface area contributed by atoms with Crippen LogP contribution in [0.25, 0.3) is 6.08 Å². The van der Waals surface area contributed by atoms with E-state index in [1.54, 1.807) is 30.3 Å². The number of carbonyl (C=O) groups excluding carboxylic acids is 2. The minimum atomic E-state index is -0.476. The Morgan fingerprint density at radius 1 is 0.970 bits per heavy atom. The van der Waals surface area contributed by atoms with Crippen molar-refractivity contribution in [2.45, 2.75) is 38.2 Å². The molecule has 2 aromatic rings. The second kappa shape index (κ2) is 11.0. The van der Waals surface area contributed by atoms with Gasteiger partial charge in [-0.25, -0.2) is 0 Å². The van der Waals surface area contributed by atoms with Gasteiger partial charge in [-0.3, -0.25) is 9.59 Å². The molecule has 174 valence electrons. The van der Waals surface area contributed by atoms with E-state index in [9.17, 15) is 9.59 Å². The molecule has 7 heteroatoms. The summed E-state index contributed by atoms with van der Waals surface area (Å²) in [5.74, 6) is 1.43. The van der Waals surface area contributed by atoms with E-state index in [1.807, 2.05) is 24.3 Å². The van der Waals surface area contributed by atoms with Gasteiger partial charge in [0.2, 0.25) is 0 Å². The fraction of sp³-hybridized carbons (Fsp3) is 0.385. The first-order chi connectivity index (χ1) is 16.1. The van der Waals surface area contributed by atoms with Crippen molar-refractivity contribution >= 4 is 17.9 Å². The molecule has 0 heterocycles. The maximum absolute atomic E-state index is 12.8. The average molecular weight is 451 g/mol. The lowest BCUT2D eigenvalue weighted by molar-refractivity contribution is -0.117. The van der Waals surface area contributed by atoms with Crippen LogP contribution >= 0.6 is 0 Å². The van der Waals surface area contributed by atoms with E-state index in [1.165, 1.54) is 12.8 Å². The second-order valence-electron chi connectivity index (χ2n) is 8.48. The fourth-order valence-electron chi connectivity index (χ4n) is 3.26. The summed E-state index contributed by atoms with van der Waals surface area (Å²) in [7, 11) is 0. The van der Waals surface area contributed by atoms with Gasteiger partial charge in [0.25, 0.3) is 11.8 Å². The molecule has 2 aliphatic rings. The van der Waals surface area contributed by atoms with Crippen molar-refractivity contribution < 1.29 is 24.2 Å². The van der Waals surface area contributed by atoms with Crippen LogP contribution in [-0.2, 0) is 4.79 Å². The van der Waals surface area contributed by atoms with Gasteiger partial charge < -0.3 is 25.2 Å². The first-order valence-corrected chi connectivity index (χ1v) is 11.5. The molecule has 0 atom stereocenters. The molecular weight excluding hydrogens is 420 g/mol. The molecule has 0 aromatic heterocycles. The van der Waals surface area contributed by atoms with Gasteiger partial charge in [-0.05, 0) is 73.2 Å². The van der Waals surface area contributed by atoms with E-state index in [0.717, 1.165) is 42.2 Å². The fourth-order valence-corrected chi connectivity index (χ4v) is 3.26. The van der Waals surface area contributed by atoms with Crippen LogP contribution in [0.1, 0.15) is 48.0 Å². The summed E-state index contributed by atoms with van der Waals surface area (Å²) in [6.07, 6.45) is 7.71. The van der Waals surface area contributed by atoms with Crippen LogP contribution in [0.4, 0.5) is 0 Å². The van der Waals surface area contributed by atoms with Crippen LogP contribution in [0.2, 0.25) is 0 Å². The number of aliphatic hydroxyl groups is 1. The highest BCUT2D eigenvalue weighted by Crippen LogP contribution is 2.32. The van der Waals surface area contributed by atoms with Crippen molar-refractivity contribution in [2.75, 3.05) is 19.8 Å². The van der Waals surface area contributed by atoms with Crippen molar-refractivity contribution in [3.63, 3.8) is 0 Å². The SMILES string of the molecule is O=C(NCCO)/C(=C/c1ccc(OC2CC2)cc1)NC(=O)c1ccc(OCCC2CC2)cc1. The van der Waals surface area contributed by atoms with Gasteiger partial charge >= 0.3 is 0 Å². The molecule has 2 aromatic carbocycles. The highest BCUT2D eigenvalue weighted by atomic mass is 16.5. The van der Waals surface area contributed by atoms with Crippen LogP contribution in [0.5, 0.6) is 11.5 Å². The Morgan fingerprint density at radius 3 is 2.30 bits per heavy atom. The normalized spacial score (nSPS) is 15.6. The molecule has 2 saturated carbocycles. The smallest absolute Gasteiger partial charge is 0.267 e. The molecule has 0 aliphatic heterocycles. The standard InChI is InChI=1S/C26H30N2O5/c29-15-14-27-26(31)24(17-19-3-7-22(8-4-19)33-23-11-12-23)28-25(30)20-5-9-21(10-6-20)32-16-13-18-1-2-18/h3-10,17-18,23,29H,1-2,11-16H2,(H,27,31)(H,28,30)/b24-17-. The lowest BCUT2D eigenvalue weighted by Crippen LogP contribution is -2.36. The summed E-state index contributed by atoms with van der Waals surface area (Å²) in [4.78, 5) is 25.4. The third-order valence-electron chi connectivity index (χ3n) is 5.52. The second-order valence-corrected chi connectivity index (χ2v) is 8.48. The molecule has 0 spiro atoms. The third-order valence-corrected chi connectivity index (χ3v) is 5.52. The maximum Gasteiger partial charge on any atom is 0.267 e. The minimum Gasteiger partial charge on any atom is -0.494 e. The molecule has 2 amide bonds. The number of amides is 2. The summed E-state index contributed by atoms with van der Waals surface area (Å²) >= 11 is 0. The molecule has 0 saturated heterocycles. The molecule has 0 radical (unpaired) electrons. The summed E-state index contributed by atoms with van der Waals surface area (Å²) in [5.41, 5.74) is 1.25. The summed E-state index contributed by atoms with van der Waals surface area (Å²) in [5, 5.41) is 14.3. The van der Waals surface area contributed by atoms with E-state index < -0.39 is 11.8 Å². The van der Waals surface area contributed by atoms with E-state index in [0.29, 0.717) is 18.3 Å². The Bertz CT molecular complexity index is 977. The quantitative estimate of drug-likeness (QED) is 0.431. The molecular formula is C26H30N2O5. The number of hydrogen-bond acceptors (Lipinski definition) is 5.